The molecule has 1 N–H and O–H groups in total. The van der Waals surface area contributed by atoms with Gasteiger partial charge in [-0.2, -0.15) is 5.26 Å². The molecule has 1 aromatic carbocycles. The van der Waals surface area contributed by atoms with E-state index in [2.05, 4.69) is 16.4 Å². The number of nitriles is 1. The number of thioether (sulfide) groups is 1. The summed E-state index contributed by atoms with van der Waals surface area (Å²) in [6.45, 7) is 3.75. The van der Waals surface area contributed by atoms with E-state index in [1.165, 1.54) is 11.8 Å². The highest BCUT2D eigenvalue weighted by Gasteiger charge is 2.42. The average Bonchev–Trinajstić information content (AvgIpc) is 3.35. The number of hydrogen-bond donors (Lipinski definition) is 1. The monoisotopic (exact) mass is 374 g/mol. The molecule has 1 aliphatic carbocycles. The number of rotatable bonds is 6. The number of carbonyl (C=O) groups excluding carboxylic acids is 1. The highest BCUT2D eigenvalue weighted by Crippen LogP contribution is 2.39. The predicted octanol–water partition coefficient (Wildman–Crippen LogP) is 3.73. The quantitative estimate of drug-likeness (QED) is 0.782. The maximum absolute atomic E-state index is 12.3. The van der Waals surface area contributed by atoms with Crippen LogP contribution in [-0.4, -0.2) is 26.8 Å². The first-order valence-electron chi connectivity index (χ1n) is 8.08. The molecule has 1 heterocycles. The minimum atomic E-state index is -0.767. The van der Waals surface area contributed by atoms with E-state index in [0.29, 0.717) is 10.2 Å². The van der Waals surface area contributed by atoms with Gasteiger partial charge < -0.3 is 5.32 Å². The van der Waals surface area contributed by atoms with Crippen LogP contribution in [0.3, 0.4) is 0 Å². The smallest absolute Gasteiger partial charge is 0.231 e. The molecule has 0 saturated heterocycles. The Kier molecular flexibility index (Phi) is 5.07. The zero-order valence-corrected chi connectivity index (χ0v) is 15.7. The number of halogens is 1. The van der Waals surface area contributed by atoms with Crippen molar-refractivity contribution in [3.05, 3.63) is 41.2 Å². The molecular formula is C18H19ClN4OS. The van der Waals surface area contributed by atoms with Gasteiger partial charge in [0.05, 0.1) is 17.5 Å². The molecule has 0 unspecified atom stereocenters. The van der Waals surface area contributed by atoms with Crippen LogP contribution in [0.15, 0.2) is 35.7 Å². The highest BCUT2D eigenvalue weighted by molar-refractivity contribution is 7.99. The van der Waals surface area contributed by atoms with Crippen molar-refractivity contribution in [1.82, 2.24) is 14.9 Å². The summed E-state index contributed by atoms with van der Waals surface area (Å²) in [6, 6.07) is 7.94. The predicted molar refractivity (Wildman–Crippen MR) is 98.9 cm³/mol. The number of hydrogen-bond acceptors (Lipinski definition) is 4. The molecule has 25 heavy (non-hydrogen) atoms. The van der Waals surface area contributed by atoms with Gasteiger partial charge >= 0.3 is 0 Å². The summed E-state index contributed by atoms with van der Waals surface area (Å²) in [4.78, 5) is 16.6. The first kappa shape index (κ1) is 17.8. The molecule has 5 nitrogen and oxygen atoms in total. The molecule has 1 fully saturated rings. The Labute approximate surface area is 156 Å². The number of imidazole rings is 1. The lowest BCUT2D eigenvalue weighted by molar-refractivity contribution is -0.119. The summed E-state index contributed by atoms with van der Waals surface area (Å²) in [6.07, 6.45) is 5.54. The van der Waals surface area contributed by atoms with E-state index in [1.54, 1.807) is 13.1 Å². The lowest BCUT2D eigenvalue weighted by Crippen LogP contribution is -2.47. The van der Waals surface area contributed by atoms with Gasteiger partial charge in [0.2, 0.25) is 5.91 Å². The van der Waals surface area contributed by atoms with Crippen molar-refractivity contribution in [2.75, 3.05) is 5.75 Å². The van der Waals surface area contributed by atoms with Gasteiger partial charge in [-0.05, 0) is 50.3 Å². The summed E-state index contributed by atoms with van der Waals surface area (Å²) >= 11 is 7.54. The fourth-order valence-electron chi connectivity index (χ4n) is 2.77. The Morgan fingerprint density at radius 1 is 1.56 bits per heavy atom. The van der Waals surface area contributed by atoms with E-state index in [1.807, 2.05) is 35.9 Å². The first-order valence-corrected chi connectivity index (χ1v) is 9.45. The molecule has 0 bridgehead atoms. The molecule has 3 rings (SSSR count). The third-order valence-corrected chi connectivity index (χ3v) is 5.84. The summed E-state index contributed by atoms with van der Waals surface area (Å²) in [5, 5.41) is 13.6. The van der Waals surface area contributed by atoms with Crippen LogP contribution in [-0.2, 0) is 4.79 Å². The number of aromatic nitrogens is 2. The highest BCUT2D eigenvalue weighted by atomic mass is 35.5. The van der Waals surface area contributed by atoms with E-state index in [4.69, 9.17) is 11.6 Å². The summed E-state index contributed by atoms with van der Waals surface area (Å²) in [5.74, 6) is 0.321. The molecule has 7 heteroatoms. The molecule has 1 aliphatic rings. The lowest BCUT2D eigenvalue weighted by Gasteiger charge is -2.22. The number of nitrogens with one attached hydrogen (secondary N) is 1. The van der Waals surface area contributed by atoms with Crippen molar-refractivity contribution in [2.45, 2.75) is 37.4 Å². The Hall–Kier alpha value is -1.97. The number of amides is 1. The molecule has 1 amide bonds. The van der Waals surface area contributed by atoms with Gasteiger partial charge in [-0.1, -0.05) is 29.4 Å². The van der Waals surface area contributed by atoms with Crippen molar-refractivity contribution in [3.63, 3.8) is 0 Å². The van der Waals surface area contributed by atoms with Crippen LogP contribution in [0.2, 0.25) is 5.02 Å². The average molecular weight is 375 g/mol. The van der Waals surface area contributed by atoms with Crippen molar-refractivity contribution in [3.8, 4) is 11.8 Å². The minimum Gasteiger partial charge on any atom is -0.337 e. The maximum atomic E-state index is 12.3. The fourth-order valence-corrected chi connectivity index (χ4v) is 3.71. The number of carbonyl (C=O) groups is 1. The Bertz CT molecular complexity index is 840. The van der Waals surface area contributed by atoms with Crippen LogP contribution in [0.4, 0.5) is 0 Å². The molecule has 1 atom stereocenters. The van der Waals surface area contributed by atoms with Gasteiger partial charge in [0.15, 0.2) is 5.16 Å². The van der Waals surface area contributed by atoms with Gasteiger partial charge in [-0.25, -0.2) is 4.98 Å². The van der Waals surface area contributed by atoms with Crippen molar-refractivity contribution < 1.29 is 4.79 Å². The first-order chi connectivity index (χ1) is 11.9. The van der Waals surface area contributed by atoms with Gasteiger partial charge in [0.25, 0.3) is 0 Å². The summed E-state index contributed by atoms with van der Waals surface area (Å²) < 4.78 is 1.92. The fraction of sp³-hybridized carbons (Fsp3) is 0.389. The Morgan fingerprint density at radius 3 is 3.00 bits per heavy atom. The van der Waals surface area contributed by atoms with Gasteiger partial charge in [-0.3, -0.25) is 9.36 Å². The van der Waals surface area contributed by atoms with Gasteiger partial charge in [0, 0.05) is 17.4 Å². The van der Waals surface area contributed by atoms with E-state index in [9.17, 15) is 10.1 Å². The third-order valence-electron chi connectivity index (χ3n) is 4.46. The van der Waals surface area contributed by atoms with E-state index < -0.39 is 5.54 Å². The molecule has 0 aliphatic heterocycles. The molecule has 1 aromatic heterocycles. The second-order valence-electron chi connectivity index (χ2n) is 6.39. The number of nitrogens with zero attached hydrogens (tertiary/aromatic N) is 3. The van der Waals surface area contributed by atoms with Crippen molar-refractivity contribution in [1.29, 1.82) is 5.26 Å². The third kappa shape index (κ3) is 3.83. The SMILES string of the molecule is Cc1c(Cl)cccc1-n1ccnc1SCC(=O)N[C@@](C)(C#N)C1CC1. The summed E-state index contributed by atoms with van der Waals surface area (Å²) in [5.41, 5.74) is 1.13. The topological polar surface area (TPSA) is 70.7 Å². The Balaban J connectivity index is 1.69. The second kappa shape index (κ2) is 7.11. The van der Waals surface area contributed by atoms with E-state index in [-0.39, 0.29) is 17.6 Å². The normalized spacial score (nSPS) is 16.1. The molecule has 0 spiro atoms. The molecule has 0 radical (unpaired) electrons. The van der Waals surface area contributed by atoms with Gasteiger partial charge in [-0.15, -0.1) is 0 Å². The van der Waals surface area contributed by atoms with Crippen LogP contribution in [0.25, 0.3) is 5.69 Å². The maximum Gasteiger partial charge on any atom is 0.231 e. The zero-order valence-electron chi connectivity index (χ0n) is 14.1. The molecule has 130 valence electrons. The van der Waals surface area contributed by atoms with Gasteiger partial charge in [0.1, 0.15) is 5.54 Å². The standard InChI is InChI=1S/C18H19ClN4OS/c1-12-14(19)4-3-5-15(12)23-9-8-21-17(23)25-10-16(24)22-18(2,11-20)13-6-7-13/h3-5,8-9,13H,6-7,10H2,1-2H3,(H,22,24)/t18-/m0/s1. The molecular weight excluding hydrogens is 356 g/mol. The van der Waals surface area contributed by atoms with Crippen LogP contribution in [0.1, 0.15) is 25.3 Å². The largest absolute Gasteiger partial charge is 0.337 e. The van der Waals surface area contributed by atoms with Crippen LogP contribution in [0, 0.1) is 24.2 Å². The Morgan fingerprint density at radius 2 is 2.32 bits per heavy atom. The van der Waals surface area contributed by atoms with Crippen LogP contribution >= 0.6 is 23.4 Å². The van der Waals surface area contributed by atoms with Crippen molar-refractivity contribution >= 4 is 29.3 Å². The lowest BCUT2D eigenvalue weighted by atomic mass is 9.98. The van der Waals surface area contributed by atoms with Crippen molar-refractivity contribution in [2.24, 2.45) is 5.92 Å². The molecule has 1 saturated carbocycles. The minimum absolute atomic E-state index is 0.154. The zero-order chi connectivity index (χ0) is 18.0. The van der Waals surface area contributed by atoms with E-state index in [0.717, 1.165) is 24.1 Å². The molecule has 2 aromatic rings. The van der Waals surface area contributed by atoms with Crippen LogP contribution in [0.5, 0.6) is 0 Å². The van der Waals surface area contributed by atoms with E-state index >= 15 is 0 Å². The summed E-state index contributed by atoms with van der Waals surface area (Å²) in [7, 11) is 0. The second-order valence-corrected chi connectivity index (χ2v) is 7.74. The van der Waals surface area contributed by atoms with Crippen LogP contribution < -0.4 is 5.32 Å². The number of benzene rings is 1.